The van der Waals surface area contributed by atoms with Gasteiger partial charge in [-0.2, -0.15) is 5.10 Å². The molecule has 1 amide bonds. The molecule has 18 heavy (non-hydrogen) atoms. The molecule has 1 heterocycles. The van der Waals surface area contributed by atoms with Crippen molar-refractivity contribution < 1.29 is 4.79 Å². The predicted octanol–water partition coefficient (Wildman–Crippen LogP) is 0.481. The first kappa shape index (κ1) is 12.0. The maximum absolute atomic E-state index is 11.9. The van der Waals surface area contributed by atoms with Gasteiger partial charge in [-0.1, -0.05) is 18.2 Å². The van der Waals surface area contributed by atoms with E-state index in [1.165, 1.54) is 12.1 Å². The Morgan fingerprint density at radius 1 is 1.28 bits per heavy atom. The van der Waals surface area contributed by atoms with Crippen LogP contribution in [0.1, 0.15) is 16.1 Å². The molecule has 0 atom stereocenters. The molecule has 6 heteroatoms. The minimum Gasteiger partial charge on any atom is -0.326 e. The zero-order valence-electron chi connectivity index (χ0n) is 9.51. The minimum atomic E-state index is -0.396. The average molecular weight is 244 g/mol. The quantitative estimate of drug-likeness (QED) is 0.731. The highest BCUT2D eigenvalue weighted by molar-refractivity contribution is 6.03. The SMILES string of the molecule is NCc1ccccc1NC(=O)c1ccc(=O)[nH]n1. The summed E-state index contributed by atoms with van der Waals surface area (Å²) in [5.74, 6) is -0.396. The van der Waals surface area contributed by atoms with Gasteiger partial charge in [-0.15, -0.1) is 0 Å². The van der Waals surface area contributed by atoms with Gasteiger partial charge in [-0.3, -0.25) is 9.59 Å². The summed E-state index contributed by atoms with van der Waals surface area (Å²) in [4.78, 5) is 22.7. The van der Waals surface area contributed by atoms with E-state index in [9.17, 15) is 9.59 Å². The second-order valence-electron chi connectivity index (χ2n) is 3.62. The zero-order valence-corrected chi connectivity index (χ0v) is 9.51. The summed E-state index contributed by atoms with van der Waals surface area (Å²) in [5, 5.41) is 8.55. The van der Waals surface area contributed by atoms with Crippen LogP contribution in [0.2, 0.25) is 0 Å². The molecule has 0 aliphatic carbocycles. The predicted molar refractivity (Wildman–Crippen MR) is 67.1 cm³/mol. The van der Waals surface area contributed by atoms with Crippen molar-refractivity contribution in [2.75, 3.05) is 5.32 Å². The van der Waals surface area contributed by atoms with Crippen LogP contribution in [0.4, 0.5) is 5.69 Å². The number of nitrogens with two attached hydrogens (primary N) is 1. The zero-order chi connectivity index (χ0) is 13.0. The molecule has 0 unspecified atom stereocenters. The molecular formula is C12H12N4O2. The lowest BCUT2D eigenvalue weighted by Gasteiger charge is -2.08. The maximum Gasteiger partial charge on any atom is 0.276 e. The number of aromatic amines is 1. The normalized spacial score (nSPS) is 10.1. The van der Waals surface area contributed by atoms with Gasteiger partial charge in [0.2, 0.25) is 0 Å². The van der Waals surface area contributed by atoms with Crippen molar-refractivity contribution in [3.63, 3.8) is 0 Å². The van der Waals surface area contributed by atoms with E-state index in [-0.39, 0.29) is 11.3 Å². The molecule has 2 rings (SSSR count). The Labute approximate surface area is 103 Å². The van der Waals surface area contributed by atoms with E-state index in [2.05, 4.69) is 15.5 Å². The molecule has 1 aromatic carbocycles. The number of H-pyrrole nitrogens is 1. The molecule has 6 nitrogen and oxygen atoms in total. The number of aromatic nitrogens is 2. The maximum atomic E-state index is 11.9. The third kappa shape index (κ3) is 2.61. The summed E-state index contributed by atoms with van der Waals surface area (Å²) in [6.45, 7) is 0.329. The lowest BCUT2D eigenvalue weighted by molar-refractivity contribution is 0.102. The van der Waals surface area contributed by atoms with Crippen molar-refractivity contribution in [1.82, 2.24) is 10.2 Å². The van der Waals surface area contributed by atoms with Gasteiger partial charge in [-0.25, -0.2) is 5.10 Å². The molecule has 0 aliphatic rings. The van der Waals surface area contributed by atoms with Gasteiger partial charge in [0.05, 0.1) is 0 Å². The van der Waals surface area contributed by atoms with Crippen molar-refractivity contribution in [1.29, 1.82) is 0 Å². The van der Waals surface area contributed by atoms with Crippen LogP contribution in [0.15, 0.2) is 41.2 Å². The summed E-state index contributed by atoms with van der Waals surface area (Å²) >= 11 is 0. The molecule has 92 valence electrons. The van der Waals surface area contributed by atoms with E-state index in [1.54, 1.807) is 12.1 Å². The van der Waals surface area contributed by atoms with E-state index in [0.717, 1.165) is 5.56 Å². The molecule has 2 aromatic rings. The van der Waals surface area contributed by atoms with Crippen molar-refractivity contribution >= 4 is 11.6 Å². The Hall–Kier alpha value is -2.47. The van der Waals surface area contributed by atoms with Crippen LogP contribution in [-0.2, 0) is 6.54 Å². The lowest BCUT2D eigenvalue weighted by Crippen LogP contribution is -2.18. The second-order valence-corrected chi connectivity index (χ2v) is 3.62. The van der Waals surface area contributed by atoms with Gasteiger partial charge in [-0.05, 0) is 17.7 Å². The number of nitrogens with one attached hydrogen (secondary N) is 2. The number of carbonyl (C=O) groups is 1. The fourth-order valence-electron chi connectivity index (χ4n) is 1.48. The molecule has 0 fully saturated rings. The molecule has 0 spiro atoms. The third-order valence-electron chi connectivity index (χ3n) is 2.40. The molecule has 0 radical (unpaired) electrons. The van der Waals surface area contributed by atoms with Crippen LogP contribution in [-0.4, -0.2) is 16.1 Å². The lowest BCUT2D eigenvalue weighted by atomic mass is 10.2. The molecule has 1 aromatic heterocycles. The Morgan fingerprint density at radius 3 is 2.72 bits per heavy atom. The summed E-state index contributed by atoms with van der Waals surface area (Å²) < 4.78 is 0. The number of hydrogen-bond donors (Lipinski definition) is 3. The highest BCUT2D eigenvalue weighted by Crippen LogP contribution is 2.14. The fourth-order valence-corrected chi connectivity index (χ4v) is 1.48. The molecular weight excluding hydrogens is 232 g/mol. The number of rotatable bonds is 3. The number of amides is 1. The molecule has 0 aliphatic heterocycles. The van der Waals surface area contributed by atoms with Gasteiger partial charge < -0.3 is 11.1 Å². The van der Waals surface area contributed by atoms with Gasteiger partial charge in [0.1, 0.15) is 5.69 Å². The van der Waals surface area contributed by atoms with Crippen molar-refractivity contribution in [2.45, 2.75) is 6.54 Å². The Morgan fingerprint density at radius 2 is 2.06 bits per heavy atom. The Kier molecular flexibility index (Phi) is 3.49. The number of carbonyl (C=O) groups excluding carboxylic acids is 1. The van der Waals surface area contributed by atoms with E-state index >= 15 is 0 Å². The number of benzene rings is 1. The number of para-hydroxylation sites is 1. The number of nitrogens with zero attached hydrogens (tertiary/aromatic N) is 1. The summed E-state index contributed by atoms with van der Waals surface area (Å²) in [5.41, 5.74) is 6.82. The molecule has 4 N–H and O–H groups in total. The van der Waals surface area contributed by atoms with Crippen LogP contribution >= 0.6 is 0 Å². The monoisotopic (exact) mass is 244 g/mol. The van der Waals surface area contributed by atoms with Crippen LogP contribution in [0.5, 0.6) is 0 Å². The van der Waals surface area contributed by atoms with Crippen molar-refractivity contribution in [3.8, 4) is 0 Å². The van der Waals surface area contributed by atoms with Gasteiger partial charge >= 0.3 is 0 Å². The highest BCUT2D eigenvalue weighted by atomic mass is 16.2. The van der Waals surface area contributed by atoms with Crippen LogP contribution in [0.3, 0.4) is 0 Å². The number of anilines is 1. The van der Waals surface area contributed by atoms with Crippen LogP contribution in [0, 0.1) is 0 Å². The average Bonchev–Trinajstić information content (AvgIpc) is 2.40. The third-order valence-corrected chi connectivity index (χ3v) is 2.40. The van der Waals surface area contributed by atoms with Gasteiger partial charge in [0, 0.05) is 18.3 Å². The standard InChI is InChI=1S/C12H12N4O2/c13-7-8-3-1-2-4-9(8)14-12(18)10-5-6-11(17)16-15-10/h1-6H,7,13H2,(H,14,18)(H,16,17). The molecule has 0 saturated heterocycles. The largest absolute Gasteiger partial charge is 0.326 e. The van der Waals surface area contributed by atoms with E-state index in [0.29, 0.717) is 12.2 Å². The highest BCUT2D eigenvalue weighted by Gasteiger charge is 2.09. The number of hydrogen-bond acceptors (Lipinski definition) is 4. The second kappa shape index (κ2) is 5.24. The summed E-state index contributed by atoms with van der Waals surface area (Å²) in [6.07, 6.45) is 0. The van der Waals surface area contributed by atoms with Crippen LogP contribution < -0.4 is 16.6 Å². The first-order valence-electron chi connectivity index (χ1n) is 5.36. The van der Waals surface area contributed by atoms with E-state index in [1.807, 2.05) is 12.1 Å². The van der Waals surface area contributed by atoms with E-state index in [4.69, 9.17) is 5.73 Å². The Balaban J connectivity index is 2.21. The first-order valence-corrected chi connectivity index (χ1v) is 5.36. The van der Waals surface area contributed by atoms with Gasteiger partial charge in [0.15, 0.2) is 0 Å². The van der Waals surface area contributed by atoms with E-state index < -0.39 is 5.91 Å². The summed E-state index contributed by atoms with van der Waals surface area (Å²) in [6, 6.07) is 9.84. The topological polar surface area (TPSA) is 101 Å². The first-order chi connectivity index (χ1) is 8.70. The minimum absolute atomic E-state index is 0.140. The summed E-state index contributed by atoms with van der Waals surface area (Å²) in [7, 11) is 0. The smallest absolute Gasteiger partial charge is 0.276 e. The fraction of sp³-hybridized carbons (Fsp3) is 0.0833. The van der Waals surface area contributed by atoms with Gasteiger partial charge in [0.25, 0.3) is 11.5 Å². The van der Waals surface area contributed by atoms with Crippen LogP contribution in [0.25, 0.3) is 0 Å². The van der Waals surface area contributed by atoms with Crippen molar-refractivity contribution in [3.05, 3.63) is 58.0 Å². The molecule has 0 saturated carbocycles. The molecule has 0 bridgehead atoms. The van der Waals surface area contributed by atoms with Crippen molar-refractivity contribution in [2.24, 2.45) is 5.73 Å². The Bertz CT molecular complexity index is 601.